The molecule has 0 aliphatic heterocycles. The van der Waals surface area contributed by atoms with Crippen molar-refractivity contribution >= 4 is 16.8 Å². The van der Waals surface area contributed by atoms with Crippen molar-refractivity contribution in [3.8, 4) is 0 Å². The number of nitrogens with one attached hydrogen (secondary N) is 1. The summed E-state index contributed by atoms with van der Waals surface area (Å²) in [6, 6.07) is 10.0. The number of nitrogens with two attached hydrogens (primary N) is 1. The van der Waals surface area contributed by atoms with E-state index < -0.39 is 6.04 Å². The van der Waals surface area contributed by atoms with Gasteiger partial charge in [-0.05, 0) is 29.9 Å². The van der Waals surface area contributed by atoms with Crippen LogP contribution in [0.15, 0.2) is 36.5 Å². The number of carbonyl (C=O) groups excluding carboxylic acids is 1. The number of carbonyl (C=O) groups is 1. The summed E-state index contributed by atoms with van der Waals surface area (Å²) in [6.07, 6.45) is 2.99. The number of aromatic nitrogens is 1. The van der Waals surface area contributed by atoms with Crippen molar-refractivity contribution in [3.05, 3.63) is 36.5 Å². The van der Waals surface area contributed by atoms with Crippen LogP contribution in [0.5, 0.6) is 0 Å². The number of amides is 1. The minimum Gasteiger partial charge on any atom is -0.355 e. The van der Waals surface area contributed by atoms with Crippen molar-refractivity contribution in [1.82, 2.24) is 9.88 Å². The number of nitrogens with zero attached hydrogens (tertiary/aromatic N) is 1. The van der Waals surface area contributed by atoms with E-state index in [1.165, 1.54) is 10.9 Å². The summed E-state index contributed by atoms with van der Waals surface area (Å²) in [7, 11) is 0. The second kappa shape index (κ2) is 6.57. The maximum atomic E-state index is 11.7. The van der Waals surface area contributed by atoms with Crippen molar-refractivity contribution in [2.24, 2.45) is 11.7 Å². The van der Waals surface area contributed by atoms with E-state index in [-0.39, 0.29) is 11.8 Å². The van der Waals surface area contributed by atoms with Gasteiger partial charge in [-0.3, -0.25) is 4.79 Å². The first-order valence-electron chi connectivity index (χ1n) is 7.17. The van der Waals surface area contributed by atoms with Gasteiger partial charge in [0.1, 0.15) is 0 Å². The molecule has 0 fully saturated rings. The Hall–Kier alpha value is -1.81. The Labute approximate surface area is 120 Å². The predicted octanol–water partition coefficient (Wildman–Crippen LogP) is 2.13. The van der Waals surface area contributed by atoms with E-state index in [2.05, 4.69) is 34.3 Å². The third-order valence-corrected chi connectivity index (χ3v) is 3.58. The van der Waals surface area contributed by atoms with E-state index in [0.29, 0.717) is 6.54 Å². The Morgan fingerprint density at radius 3 is 2.80 bits per heavy atom. The summed E-state index contributed by atoms with van der Waals surface area (Å²) in [5, 5.41) is 4.15. The lowest BCUT2D eigenvalue weighted by atomic mass is 10.1. The van der Waals surface area contributed by atoms with Gasteiger partial charge in [0.25, 0.3) is 0 Å². The zero-order valence-electron chi connectivity index (χ0n) is 12.2. The van der Waals surface area contributed by atoms with Crippen LogP contribution >= 0.6 is 0 Å². The lowest BCUT2D eigenvalue weighted by Crippen LogP contribution is -2.44. The van der Waals surface area contributed by atoms with Crippen LogP contribution in [0.4, 0.5) is 0 Å². The molecule has 0 spiro atoms. The monoisotopic (exact) mass is 273 g/mol. The van der Waals surface area contributed by atoms with Crippen molar-refractivity contribution in [1.29, 1.82) is 0 Å². The second-order valence-corrected chi connectivity index (χ2v) is 5.48. The molecule has 1 atom stereocenters. The molecule has 0 saturated heterocycles. The van der Waals surface area contributed by atoms with Crippen molar-refractivity contribution < 1.29 is 4.79 Å². The minimum atomic E-state index is -0.414. The summed E-state index contributed by atoms with van der Waals surface area (Å²) < 4.78 is 2.21. The molecule has 3 N–H and O–H groups in total. The van der Waals surface area contributed by atoms with E-state index in [9.17, 15) is 4.79 Å². The van der Waals surface area contributed by atoms with Gasteiger partial charge in [0.05, 0.1) is 6.04 Å². The summed E-state index contributed by atoms with van der Waals surface area (Å²) in [6.45, 7) is 5.46. The molecule has 4 nitrogen and oxygen atoms in total. The lowest BCUT2D eigenvalue weighted by Gasteiger charge is -2.15. The Balaban J connectivity index is 1.80. The quantitative estimate of drug-likeness (QED) is 0.792. The van der Waals surface area contributed by atoms with Crippen LogP contribution in [0, 0.1) is 5.92 Å². The van der Waals surface area contributed by atoms with E-state index in [1.54, 1.807) is 0 Å². The van der Waals surface area contributed by atoms with Crippen molar-refractivity contribution in [2.75, 3.05) is 6.54 Å². The molecule has 0 aliphatic carbocycles. The average Bonchev–Trinajstić information content (AvgIpc) is 2.85. The predicted molar refractivity (Wildman–Crippen MR) is 82.4 cm³/mol. The van der Waals surface area contributed by atoms with Crippen LogP contribution in [0.3, 0.4) is 0 Å². The van der Waals surface area contributed by atoms with Crippen LogP contribution in [0.1, 0.15) is 20.3 Å². The smallest absolute Gasteiger partial charge is 0.237 e. The highest BCUT2D eigenvalue weighted by atomic mass is 16.2. The first-order chi connectivity index (χ1) is 9.59. The Morgan fingerprint density at radius 2 is 2.05 bits per heavy atom. The molecule has 1 amide bonds. The highest BCUT2D eigenvalue weighted by Crippen LogP contribution is 2.15. The number of hydrogen-bond donors (Lipinski definition) is 2. The Bertz CT molecular complexity index is 574. The third-order valence-electron chi connectivity index (χ3n) is 3.58. The normalized spacial score (nSPS) is 12.8. The molecule has 0 saturated carbocycles. The molecular formula is C16H23N3O. The molecule has 1 aromatic heterocycles. The number of fused-ring (bicyclic) bond motifs is 1. The Kier molecular flexibility index (Phi) is 4.79. The fourth-order valence-electron chi connectivity index (χ4n) is 2.22. The summed E-state index contributed by atoms with van der Waals surface area (Å²) in [4.78, 5) is 11.7. The summed E-state index contributed by atoms with van der Waals surface area (Å²) >= 11 is 0. The van der Waals surface area contributed by atoms with Gasteiger partial charge >= 0.3 is 0 Å². The van der Waals surface area contributed by atoms with E-state index in [1.807, 2.05) is 26.0 Å². The number of hydrogen-bond acceptors (Lipinski definition) is 2. The summed E-state index contributed by atoms with van der Waals surface area (Å²) in [5.41, 5.74) is 7.03. The van der Waals surface area contributed by atoms with Gasteiger partial charge in [-0.2, -0.15) is 0 Å². The van der Waals surface area contributed by atoms with Gasteiger partial charge in [-0.15, -0.1) is 0 Å². The largest absolute Gasteiger partial charge is 0.355 e. The first-order valence-corrected chi connectivity index (χ1v) is 7.17. The zero-order chi connectivity index (χ0) is 14.5. The number of rotatable bonds is 6. The molecule has 1 unspecified atom stereocenters. The average molecular weight is 273 g/mol. The fraction of sp³-hybridized carbons (Fsp3) is 0.438. The molecular weight excluding hydrogens is 250 g/mol. The zero-order valence-corrected chi connectivity index (χ0v) is 12.2. The third kappa shape index (κ3) is 3.39. The van der Waals surface area contributed by atoms with Crippen LogP contribution in [0.25, 0.3) is 10.9 Å². The van der Waals surface area contributed by atoms with Gasteiger partial charge in [-0.25, -0.2) is 0 Å². The van der Waals surface area contributed by atoms with E-state index >= 15 is 0 Å². The molecule has 1 aromatic carbocycles. The highest BCUT2D eigenvalue weighted by molar-refractivity contribution is 5.81. The van der Waals surface area contributed by atoms with Crippen LogP contribution in [0.2, 0.25) is 0 Å². The topological polar surface area (TPSA) is 60.1 Å². The van der Waals surface area contributed by atoms with Gasteiger partial charge in [-0.1, -0.05) is 32.0 Å². The lowest BCUT2D eigenvalue weighted by molar-refractivity contribution is -0.123. The van der Waals surface area contributed by atoms with Crippen molar-refractivity contribution in [2.45, 2.75) is 32.9 Å². The SMILES string of the molecule is CC(C)C(N)C(=O)NCCCn1ccc2ccccc21. The van der Waals surface area contributed by atoms with Crippen molar-refractivity contribution in [3.63, 3.8) is 0 Å². The van der Waals surface area contributed by atoms with E-state index in [4.69, 9.17) is 5.73 Å². The molecule has 2 rings (SSSR count). The fourth-order valence-corrected chi connectivity index (χ4v) is 2.22. The van der Waals surface area contributed by atoms with E-state index in [0.717, 1.165) is 13.0 Å². The molecule has 2 aromatic rings. The van der Waals surface area contributed by atoms with Gasteiger partial charge in [0.15, 0.2) is 0 Å². The minimum absolute atomic E-state index is 0.0580. The molecule has 0 radical (unpaired) electrons. The molecule has 0 aliphatic rings. The standard InChI is InChI=1S/C16H23N3O/c1-12(2)15(17)16(20)18-9-5-10-19-11-8-13-6-3-4-7-14(13)19/h3-4,6-8,11-12,15H,5,9-10,17H2,1-2H3,(H,18,20). The summed E-state index contributed by atoms with van der Waals surface area (Å²) in [5.74, 6) is 0.112. The highest BCUT2D eigenvalue weighted by Gasteiger charge is 2.16. The number of para-hydroxylation sites is 1. The molecule has 0 bridgehead atoms. The van der Waals surface area contributed by atoms with Crippen LogP contribution < -0.4 is 11.1 Å². The molecule has 20 heavy (non-hydrogen) atoms. The van der Waals surface area contributed by atoms with Crippen LogP contribution in [-0.4, -0.2) is 23.1 Å². The van der Waals surface area contributed by atoms with Gasteiger partial charge < -0.3 is 15.6 Å². The maximum Gasteiger partial charge on any atom is 0.237 e. The number of benzene rings is 1. The van der Waals surface area contributed by atoms with Crippen LogP contribution in [-0.2, 0) is 11.3 Å². The molecule has 4 heteroatoms. The maximum absolute atomic E-state index is 11.7. The number of aryl methyl sites for hydroxylation is 1. The molecule has 1 heterocycles. The van der Waals surface area contributed by atoms with Gasteiger partial charge in [0.2, 0.25) is 5.91 Å². The first kappa shape index (κ1) is 14.6. The van der Waals surface area contributed by atoms with Gasteiger partial charge in [0, 0.05) is 24.8 Å². The molecule has 108 valence electrons. The second-order valence-electron chi connectivity index (χ2n) is 5.48. The Morgan fingerprint density at radius 1 is 1.30 bits per heavy atom.